The topological polar surface area (TPSA) is 24.7 Å². The summed E-state index contributed by atoms with van der Waals surface area (Å²) in [6.45, 7) is 13.7. The fourth-order valence-electron chi connectivity index (χ4n) is 5.83. The molecule has 0 radical (unpaired) electrons. The Morgan fingerprint density at radius 3 is 1.24 bits per heavy atom. The van der Waals surface area contributed by atoms with Gasteiger partial charge in [-0.2, -0.15) is 0 Å². The molecule has 3 heteroatoms. The maximum Gasteiger partial charge on any atom is 0.0636 e. The van der Waals surface area contributed by atoms with Crippen LogP contribution in [0.15, 0.2) is 46.4 Å². The van der Waals surface area contributed by atoms with Crippen LogP contribution in [-0.4, -0.2) is 11.4 Å². The molecule has 0 heterocycles. The van der Waals surface area contributed by atoms with Crippen LogP contribution in [-0.2, 0) is 42.2 Å². The van der Waals surface area contributed by atoms with Crippen molar-refractivity contribution < 1.29 is 16.5 Å². The van der Waals surface area contributed by atoms with Crippen LogP contribution in [0.2, 0.25) is 0 Å². The van der Waals surface area contributed by atoms with E-state index < -0.39 is 0 Å². The Morgan fingerprint density at radius 2 is 0.810 bits per heavy atom. The molecule has 0 atom stereocenters. The van der Waals surface area contributed by atoms with Gasteiger partial charge in [-0.05, 0) is 97.9 Å². The van der Waals surface area contributed by atoms with E-state index in [1.54, 1.807) is 0 Å². The summed E-state index contributed by atoms with van der Waals surface area (Å²) >= 11 is 0. The molecule has 0 spiro atoms. The van der Waals surface area contributed by atoms with E-state index in [0.717, 1.165) is 56.3 Å². The Morgan fingerprint density at radius 1 is 0.429 bits per heavy atom. The number of hydrogen-bond acceptors (Lipinski definition) is 2. The minimum absolute atomic E-state index is 0. The zero-order chi connectivity index (χ0) is 29.7. The van der Waals surface area contributed by atoms with Gasteiger partial charge in [0.05, 0.1) is 22.8 Å². The van der Waals surface area contributed by atoms with Crippen molar-refractivity contribution in [1.82, 2.24) is 0 Å². The Balaban J connectivity index is 0.00000882. The molecule has 0 amide bonds. The molecule has 238 valence electrons. The summed E-state index contributed by atoms with van der Waals surface area (Å²) in [6.07, 6.45) is 22.9. The predicted octanol–water partition coefficient (Wildman–Crippen LogP) is 12.7. The van der Waals surface area contributed by atoms with Crippen LogP contribution in [0, 0.1) is 0 Å². The molecule has 0 N–H and O–H groups in total. The number of benzene rings is 2. The summed E-state index contributed by atoms with van der Waals surface area (Å²) in [5, 5.41) is 0. The number of aryl methyl sites for hydroxylation is 4. The summed E-state index contributed by atoms with van der Waals surface area (Å²) in [4.78, 5) is 10.8. The minimum Gasteiger partial charge on any atom is -0.252 e. The molecular formula is C39H62N2Ni. The molecule has 2 rings (SSSR count). The smallest absolute Gasteiger partial charge is 0.0636 e. The van der Waals surface area contributed by atoms with E-state index in [1.165, 1.54) is 111 Å². The number of aliphatic imine (C=N–C) groups is 2. The molecule has 0 saturated heterocycles. The standard InChI is InChI=1S/C39H62N2.Ni/c1-7-13-15-16-17-18-19-25-39(41-37-29-27-33(21-10-4)35(31-37)23-12-6)38(24-14-8-2)40-36-28-26-32(20-9-3)34(30-36)22-11-5;/h26-31H,7-25H2,1-6H3;. The average Bonchev–Trinajstić information content (AvgIpc) is 2.97. The fraction of sp³-hybridized carbons (Fsp3) is 0.641. The van der Waals surface area contributed by atoms with Crippen molar-refractivity contribution in [3.05, 3.63) is 58.7 Å². The van der Waals surface area contributed by atoms with Crippen LogP contribution in [0.25, 0.3) is 0 Å². The third-order valence-corrected chi connectivity index (χ3v) is 8.10. The van der Waals surface area contributed by atoms with E-state index in [0.29, 0.717) is 0 Å². The third-order valence-electron chi connectivity index (χ3n) is 8.10. The van der Waals surface area contributed by atoms with Crippen molar-refractivity contribution in [2.45, 2.75) is 164 Å². The number of rotatable bonds is 22. The second-order valence-corrected chi connectivity index (χ2v) is 12.0. The molecule has 0 aromatic heterocycles. The monoisotopic (exact) mass is 616 g/mol. The second-order valence-electron chi connectivity index (χ2n) is 12.0. The van der Waals surface area contributed by atoms with E-state index >= 15 is 0 Å². The fourth-order valence-corrected chi connectivity index (χ4v) is 5.83. The molecule has 0 unspecified atom stereocenters. The Labute approximate surface area is 270 Å². The van der Waals surface area contributed by atoms with Crippen LogP contribution >= 0.6 is 0 Å². The zero-order valence-corrected chi connectivity index (χ0v) is 29.1. The van der Waals surface area contributed by atoms with E-state index in [-0.39, 0.29) is 16.5 Å². The van der Waals surface area contributed by atoms with E-state index in [2.05, 4.69) is 77.9 Å². The normalized spacial score (nSPS) is 12.0. The Bertz CT molecular complexity index is 1050. The van der Waals surface area contributed by atoms with Gasteiger partial charge in [-0.15, -0.1) is 0 Å². The Hall–Kier alpha value is -1.73. The number of hydrogen-bond donors (Lipinski definition) is 0. The molecule has 0 aliphatic heterocycles. The summed E-state index contributed by atoms with van der Waals surface area (Å²) < 4.78 is 0. The van der Waals surface area contributed by atoms with Crippen LogP contribution in [0.3, 0.4) is 0 Å². The SMILES string of the molecule is CCCCCCCCCC(=Nc1ccc(CCC)c(CCC)c1)C(CCCC)=Nc1ccc(CCC)c(CCC)c1.[Ni]. The first kappa shape index (κ1) is 38.3. The van der Waals surface area contributed by atoms with Gasteiger partial charge >= 0.3 is 0 Å². The van der Waals surface area contributed by atoms with Crippen molar-refractivity contribution in [3.8, 4) is 0 Å². The van der Waals surface area contributed by atoms with Crippen molar-refractivity contribution in [3.63, 3.8) is 0 Å². The maximum absolute atomic E-state index is 5.39. The second kappa shape index (κ2) is 23.7. The predicted molar refractivity (Wildman–Crippen MR) is 185 cm³/mol. The van der Waals surface area contributed by atoms with E-state index in [4.69, 9.17) is 9.98 Å². The van der Waals surface area contributed by atoms with Crippen LogP contribution in [0.1, 0.15) is 160 Å². The van der Waals surface area contributed by atoms with Gasteiger partial charge in [0, 0.05) is 16.5 Å². The van der Waals surface area contributed by atoms with Gasteiger partial charge in [-0.3, -0.25) is 9.98 Å². The Kier molecular flexibility index (Phi) is 21.6. The molecule has 0 aliphatic rings. The summed E-state index contributed by atoms with van der Waals surface area (Å²) in [5.74, 6) is 0. The van der Waals surface area contributed by atoms with Crippen LogP contribution < -0.4 is 0 Å². The first-order valence-corrected chi connectivity index (χ1v) is 17.5. The molecule has 2 aromatic carbocycles. The minimum atomic E-state index is 0. The quantitative estimate of drug-likeness (QED) is 0.0713. The molecular weight excluding hydrogens is 555 g/mol. The van der Waals surface area contributed by atoms with Crippen molar-refractivity contribution in [2.24, 2.45) is 9.98 Å². The van der Waals surface area contributed by atoms with Crippen molar-refractivity contribution in [2.75, 3.05) is 0 Å². The summed E-state index contributed by atoms with van der Waals surface area (Å²) in [5.41, 5.74) is 10.6. The average molecular weight is 618 g/mol. The van der Waals surface area contributed by atoms with Crippen molar-refractivity contribution >= 4 is 22.8 Å². The first-order valence-electron chi connectivity index (χ1n) is 17.5. The van der Waals surface area contributed by atoms with Crippen LogP contribution in [0.4, 0.5) is 11.4 Å². The van der Waals surface area contributed by atoms with Crippen molar-refractivity contribution in [1.29, 1.82) is 0 Å². The van der Waals surface area contributed by atoms with Gasteiger partial charge in [0.15, 0.2) is 0 Å². The van der Waals surface area contributed by atoms with Gasteiger partial charge in [-0.25, -0.2) is 0 Å². The largest absolute Gasteiger partial charge is 0.252 e. The van der Waals surface area contributed by atoms with Gasteiger partial charge in [0.25, 0.3) is 0 Å². The van der Waals surface area contributed by atoms with Gasteiger partial charge in [0.1, 0.15) is 0 Å². The summed E-state index contributed by atoms with van der Waals surface area (Å²) in [6, 6.07) is 13.9. The van der Waals surface area contributed by atoms with Crippen LogP contribution in [0.5, 0.6) is 0 Å². The molecule has 0 saturated carbocycles. The first-order chi connectivity index (χ1) is 20.1. The molecule has 0 fully saturated rings. The van der Waals surface area contributed by atoms with Gasteiger partial charge in [0.2, 0.25) is 0 Å². The molecule has 0 bridgehead atoms. The third kappa shape index (κ3) is 14.2. The zero-order valence-electron chi connectivity index (χ0n) is 28.1. The molecule has 0 aliphatic carbocycles. The maximum atomic E-state index is 5.39. The number of unbranched alkanes of at least 4 members (excludes halogenated alkanes) is 7. The molecule has 42 heavy (non-hydrogen) atoms. The van der Waals surface area contributed by atoms with Gasteiger partial charge < -0.3 is 0 Å². The number of nitrogens with zero attached hydrogens (tertiary/aromatic N) is 2. The van der Waals surface area contributed by atoms with E-state index in [1.807, 2.05) is 0 Å². The van der Waals surface area contributed by atoms with Gasteiger partial charge in [-0.1, -0.05) is 124 Å². The molecule has 2 aromatic rings. The molecule has 2 nitrogen and oxygen atoms in total. The van der Waals surface area contributed by atoms with E-state index in [9.17, 15) is 0 Å². The summed E-state index contributed by atoms with van der Waals surface area (Å²) in [7, 11) is 0.